The normalized spacial score (nSPS) is 22.1. The first-order chi connectivity index (χ1) is 14.9. The summed E-state index contributed by atoms with van der Waals surface area (Å²) >= 11 is 0. The highest BCUT2D eigenvalue weighted by molar-refractivity contribution is 5.97. The van der Waals surface area contributed by atoms with E-state index < -0.39 is 36.0 Å². The molecule has 0 bridgehead atoms. The van der Waals surface area contributed by atoms with Gasteiger partial charge < -0.3 is 14.8 Å². The number of amides is 1. The van der Waals surface area contributed by atoms with Gasteiger partial charge in [0, 0.05) is 35.9 Å². The fraction of sp³-hybridized carbons (Fsp3) is 0.435. The molecular formula is C23H25F3N2O4. The summed E-state index contributed by atoms with van der Waals surface area (Å²) < 4.78 is 51.0. The number of carbonyl (C=O) groups is 2. The summed E-state index contributed by atoms with van der Waals surface area (Å²) in [4.78, 5) is 28.7. The van der Waals surface area contributed by atoms with Crippen LogP contribution in [0.1, 0.15) is 55.2 Å². The van der Waals surface area contributed by atoms with Crippen LogP contribution in [0.15, 0.2) is 30.5 Å². The van der Waals surface area contributed by atoms with Crippen LogP contribution in [0.5, 0.6) is 5.75 Å². The molecule has 1 aliphatic rings. The molecule has 3 rings (SSSR count). The molecular weight excluding hydrogens is 425 g/mol. The minimum absolute atomic E-state index is 0.0703. The minimum Gasteiger partial charge on any atom is -0.434 e. The number of halogens is 3. The number of ketones is 1. The van der Waals surface area contributed by atoms with E-state index >= 15 is 0 Å². The van der Waals surface area contributed by atoms with Gasteiger partial charge in [0.2, 0.25) is 0 Å². The number of anilines is 1. The van der Waals surface area contributed by atoms with Crippen molar-refractivity contribution < 1.29 is 32.2 Å². The fourth-order valence-corrected chi connectivity index (χ4v) is 3.96. The van der Waals surface area contributed by atoms with Gasteiger partial charge in [-0.3, -0.25) is 14.6 Å². The maximum absolute atomic E-state index is 14.1. The molecule has 1 saturated heterocycles. The van der Waals surface area contributed by atoms with Gasteiger partial charge in [0.15, 0.2) is 5.78 Å². The summed E-state index contributed by atoms with van der Waals surface area (Å²) in [5, 5.41) is 2.70. The molecule has 0 aliphatic carbocycles. The standard InChI is InChI=1S/C23H25F3N2O4/c1-11-16(24)7-6-15(19(11)31-22(25)26)18-12(2)23(4,5)32-20(18)21(30)28-14-8-9-27-17(10-14)13(3)29/h6-10,12,18,20,22H,1-5H3,(H,27,28,30)/t12-,18+,20+/m0/s1. The number of nitrogens with one attached hydrogen (secondary N) is 1. The molecule has 2 heterocycles. The average Bonchev–Trinajstić information content (AvgIpc) is 2.95. The van der Waals surface area contributed by atoms with Gasteiger partial charge in [-0.1, -0.05) is 13.0 Å². The number of rotatable bonds is 6. The minimum atomic E-state index is -3.16. The molecule has 0 radical (unpaired) electrons. The first-order valence-electron chi connectivity index (χ1n) is 10.1. The molecule has 1 aromatic heterocycles. The molecule has 1 aliphatic heterocycles. The lowest BCUT2D eigenvalue weighted by atomic mass is 9.77. The number of alkyl halides is 2. The Kier molecular flexibility index (Phi) is 6.59. The van der Waals surface area contributed by atoms with Gasteiger partial charge in [0.1, 0.15) is 23.4 Å². The third kappa shape index (κ3) is 4.62. The van der Waals surface area contributed by atoms with E-state index in [-0.39, 0.29) is 34.3 Å². The Morgan fingerprint density at radius 2 is 1.94 bits per heavy atom. The summed E-state index contributed by atoms with van der Waals surface area (Å²) in [5.74, 6) is -2.76. The number of hydrogen-bond donors (Lipinski definition) is 1. The lowest BCUT2D eigenvalue weighted by molar-refractivity contribution is -0.131. The van der Waals surface area contributed by atoms with Crippen LogP contribution in [0.3, 0.4) is 0 Å². The zero-order valence-electron chi connectivity index (χ0n) is 18.4. The molecule has 32 heavy (non-hydrogen) atoms. The highest BCUT2D eigenvalue weighted by atomic mass is 19.3. The zero-order chi connectivity index (χ0) is 23.8. The van der Waals surface area contributed by atoms with Gasteiger partial charge in [0.05, 0.1) is 5.60 Å². The van der Waals surface area contributed by atoms with E-state index in [2.05, 4.69) is 15.0 Å². The molecule has 1 fully saturated rings. The van der Waals surface area contributed by atoms with E-state index in [9.17, 15) is 22.8 Å². The van der Waals surface area contributed by atoms with Crippen molar-refractivity contribution in [1.29, 1.82) is 0 Å². The second-order valence-corrected chi connectivity index (χ2v) is 8.40. The van der Waals surface area contributed by atoms with Crippen LogP contribution in [-0.4, -0.2) is 35.0 Å². The molecule has 3 atom stereocenters. The molecule has 2 aromatic rings. The molecule has 0 unspecified atom stereocenters. The van der Waals surface area contributed by atoms with E-state index in [1.165, 1.54) is 38.2 Å². The molecule has 1 amide bonds. The summed E-state index contributed by atoms with van der Waals surface area (Å²) in [7, 11) is 0. The lowest BCUT2D eigenvalue weighted by Crippen LogP contribution is -2.33. The van der Waals surface area contributed by atoms with Crippen molar-refractivity contribution >= 4 is 17.4 Å². The molecule has 172 valence electrons. The maximum atomic E-state index is 14.1. The largest absolute Gasteiger partial charge is 0.434 e. The number of carbonyl (C=O) groups excluding carboxylic acids is 2. The number of ether oxygens (including phenoxy) is 2. The van der Waals surface area contributed by atoms with Crippen LogP contribution >= 0.6 is 0 Å². The van der Waals surface area contributed by atoms with Crippen LogP contribution in [0.2, 0.25) is 0 Å². The lowest BCUT2D eigenvalue weighted by Gasteiger charge is -2.26. The molecule has 6 nitrogen and oxygen atoms in total. The van der Waals surface area contributed by atoms with E-state index in [1.54, 1.807) is 13.8 Å². The Balaban J connectivity index is 2.01. The van der Waals surface area contributed by atoms with Crippen molar-refractivity contribution in [1.82, 2.24) is 4.98 Å². The van der Waals surface area contributed by atoms with Crippen LogP contribution in [-0.2, 0) is 9.53 Å². The number of pyridine rings is 1. The Morgan fingerprint density at radius 1 is 1.25 bits per heavy atom. The van der Waals surface area contributed by atoms with Crippen LogP contribution in [0.4, 0.5) is 18.9 Å². The summed E-state index contributed by atoms with van der Waals surface area (Å²) in [6, 6.07) is 5.48. The first kappa shape index (κ1) is 23.7. The average molecular weight is 450 g/mol. The van der Waals surface area contributed by atoms with E-state index in [0.29, 0.717) is 5.69 Å². The van der Waals surface area contributed by atoms with Crippen molar-refractivity contribution in [3.63, 3.8) is 0 Å². The Bertz CT molecular complexity index is 1040. The van der Waals surface area contributed by atoms with Gasteiger partial charge in [-0.2, -0.15) is 8.78 Å². The number of nitrogens with zero attached hydrogens (tertiary/aromatic N) is 1. The van der Waals surface area contributed by atoms with Gasteiger partial charge in [-0.05, 0) is 44.9 Å². The number of aromatic nitrogens is 1. The molecule has 1 N–H and O–H groups in total. The second kappa shape index (κ2) is 8.90. The van der Waals surface area contributed by atoms with Gasteiger partial charge in [-0.25, -0.2) is 4.39 Å². The fourth-order valence-electron chi connectivity index (χ4n) is 3.96. The van der Waals surface area contributed by atoms with E-state index in [1.807, 2.05) is 6.92 Å². The summed E-state index contributed by atoms with van der Waals surface area (Å²) in [5.41, 5.74) is -0.0584. The van der Waals surface area contributed by atoms with Crippen molar-refractivity contribution in [3.8, 4) is 5.75 Å². The van der Waals surface area contributed by atoms with Crippen molar-refractivity contribution in [2.45, 2.75) is 58.9 Å². The number of benzene rings is 1. The van der Waals surface area contributed by atoms with Crippen LogP contribution in [0.25, 0.3) is 0 Å². The van der Waals surface area contributed by atoms with E-state index in [0.717, 1.165) is 6.07 Å². The number of hydrogen-bond acceptors (Lipinski definition) is 5. The predicted molar refractivity (Wildman–Crippen MR) is 111 cm³/mol. The summed E-state index contributed by atoms with van der Waals surface area (Å²) in [6.45, 7) is 4.97. The topological polar surface area (TPSA) is 77.5 Å². The predicted octanol–water partition coefficient (Wildman–Crippen LogP) is 4.87. The Labute approximate surface area is 184 Å². The van der Waals surface area contributed by atoms with Crippen molar-refractivity contribution in [2.24, 2.45) is 5.92 Å². The smallest absolute Gasteiger partial charge is 0.387 e. The van der Waals surface area contributed by atoms with Crippen molar-refractivity contribution in [2.75, 3.05) is 5.32 Å². The highest BCUT2D eigenvalue weighted by Crippen LogP contribution is 2.49. The maximum Gasteiger partial charge on any atom is 0.387 e. The third-order valence-corrected chi connectivity index (χ3v) is 5.98. The Hall–Kier alpha value is -2.94. The quantitative estimate of drug-likeness (QED) is 0.636. The molecule has 9 heteroatoms. The van der Waals surface area contributed by atoms with Gasteiger partial charge in [0.25, 0.3) is 5.91 Å². The highest BCUT2D eigenvalue weighted by Gasteiger charge is 2.51. The number of Topliss-reactive ketones (excluding diaryl/α,β-unsaturated/α-hetero) is 1. The van der Waals surface area contributed by atoms with E-state index in [4.69, 9.17) is 4.74 Å². The zero-order valence-corrected chi connectivity index (χ0v) is 18.4. The summed E-state index contributed by atoms with van der Waals surface area (Å²) in [6.07, 6.45) is 0.322. The first-order valence-corrected chi connectivity index (χ1v) is 10.1. The second-order valence-electron chi connectivity index (χ2n) is 8.40. The monoisotopic (exact) mass is 450 g/mol. The Morgan fingerprint density at radius 3 is 2.56 bits per heavy atom. The molecule has 1 aromatic carbocycles. The van der Waals surface area contributed by atoms with Crippen LogP contribution < -0.4 is 10.1 Å². The molecule has 0 spiro atoms. The van der Waals surface area contributed by atoms with Crippen LogP contribution in [0, 0.1) is 18.7 Å². The third-order valence-electron chi connectivity index (χ3n) is 5.98. The van der Waals surface area contributed by atoms with Crippen molar-refractivity contribution in [3.05, 3.63) is 53.1 Å². The molecule has 0 saturated carbocycles. The van der Waals surface area contributed by atoms with Gasteiger partial charge >= 0.3 is 6.61 Å². The van der Waals surface area contributed by atoms with Gasteiger partial charge in [-0.15, -0.1) is 0 Å². The SMILES string of the molecule is CC(=O)c1cc(NC(=O)[C@@H]2OC(C)(C)[C@@H](C)[C@@H]2c2ccc(F)c(C)c2OC(F)F)ccn1.